The number of ether oxygens (including phenoxy) is 3. The highest BCUT2D eigenvalue weighted by Crippen LogP contribution is 2.27. The molecule has 0 spiro atoms. The summed E-state index contributed by atoms with van der Waals surface area (Å²) in [7, 11) is 0. The van der Waals surface area contributed by atoms with Crippen LogP contribution in [-0.2, 0) is 9.47 Å². The van der Waals surface area contributed by atoms with E-state index in [0.717, 1.165) is 31.7 Å². The van der Waals surface area contributed by atoms with E-state index in [1.807, 2.05) is 37.3 Å². The van der Waals surface area contributed by atoms with Gasteiger partial charge in [-0.3, -0.25) is 0 Å². The highest BCUT2D eigenvalue weighted by Gasteiger charge is 2.42. The molecule has 0 radical (unpaired) electrons. The van der Waals surface area contributed by atoms with Gasteiger partial charge in [-0.15, -0.1) is 0 Å². The summed E-state index contributed by atoms with van der Waals surface area (Å²) in [5.74, 6) is 0.888. The van der Waals surface area contributed by atoms with Gasteiger partial charge < -0.3 is 19.5 Å². The largest absolute Gasteiger partial charge is 0.491 e. The van der Waals surface area contributed by atoms with Crippen molar-refractivity contribution in [2.24, 2.45) is 0 Å². The summed E-state index contributed by atoms with van der Waals surface area (Å²) in [5.41, 5.74) is 0. The Morgan fingerprint density at radius 3 is 2.62 bits per heavy atom. The Morgan fingerprint density at radius 2 is 1.90 bits per heavy atom. The van der Waals surface area contributed by atoms with Crippen LogP contribution in [-0.4, -0.2) is 44.6 Å². The number of benzene rings is 1. The molecule has 21 heavy (non-hydrogen) atoms. The van der Waals surface area contributed by atoms with Gasteiger partial charge in [-0.1, -0.05) is 25.1 Å². The van der Waals surface area contributed by atoms with Crippen molar-refractivity contribution in [3.8, 4) is 5.75 Å². The lowest BCUT2D eigenvalue weighted by Gasteiger charge is -2.44. The fraction of sp³-hybridized carbons (Fsp3) is 0.647. The van der Waals surface area contributed by atoms with Crippen molar-refractivity contribution in [3.63, 3.8) is 0 Å². The Morgan fingerprint density at radius 1 is 1.10 bits per heavy atom. The molecule has 2 rings (SSSR count). The van der Waals surface area contributed by atoms with Gasteiger partial charge in [-0.25, -0.2) is 0 Å². The maximum atomic E-state index is 5.89. The van der Waals surface area contributed by atoms with E-state index in [2.05, 4.69) is 12.2 Å². The molecule has 0 heterocycles. The first-order valence-corrected chi connectivity index (χ1v) is 7.99. The van der Waals surface area contributed by atoms with Crippen molar-refractivity contribution >= 4 is 0 Å². The van der Waals surface area contributed by atoms with Gasteiger partial charge in [0.05, 0.1) is 18.8 Å². The van der Waals surface area contributed by atoms with Crippen LogP contribution in [0.2, 0.25) is 0 Å². The molecule has 1 aliphatic rings. The van der Waals surface area contributed by atoms with Crippen LogP contribution >= 0.6 is 0 Å². The number of para-hydroxylation sites is 1. The summed E-state index contributed by atoms with van der Waals surface area (Å²) < 4.78 is 17.3. The molecule has 1 N–H and O–H groups in total. The smallest absolute Gasteiger partial charge is 0.119 e. The highest BCUT2D eigenvalue weighted by molar-refractivity contribution is 5.20. The van der Waals surface area contributed by atoms with Gasteiger partial charge in [-0.05, 0) is 38.4 Å². The lowest BCUT2D eigenvalue weighted by Crippen LogP contribution is -2.60. The standard InChI is InChI=1S/C17H27NO3/c1-3-10-18-15-13-16(17(15)19-4-2)21-12-11-20-14-8-6-5-7-9-14/h5-9,15-18H,3-4,10-13H2,1-2H3. The zero-order valence-corrected chi connectivity index (χ0v) is 13.1. The molecule has 1 saturated carbocycles. The minimum atomic E-state index is 0.179. The van der Waals surface area contributed by atoms with Crippen LogP contribution in [0.25, 0.3) is 0 Å². The minimum absolute atomic E-state index is 0.179. The Bertz CT molecular complexity index is 385. The fourth-order valence-electron chi connectivity index (χ4n) is 2.57. The molecule has 1 aromatic rings. The summed E-state index contributed by atoms with van der Waals surface area (Å²) in [4.78, 5) is 0. The maximum Gasteiger partial charge on any atom is 0.119 e. The van der Waals surface area contributed by atoms with Crippen molar-refractivity contribution < 1.29 is 14.2 Å². The van der Waals surface area contributed by atoms with Crippen molar-refractivity contribution in [1.82, 2.24) is 5.32 Å². The predicted octanol–water partition coefficient (Wildman–Crippen LogP) is 2.63. The zero-order chi connectivity index (χ0) is 14.9. The van der Waals surface area contributed by atoms with E-state index in [9.17, 15) is 0 Å². The highest BCUT2D eigenvalue weighted by atomic mass is 16.6. The second-order valence-electron chi connectivity index (χ2n) is 5.29. The Hall–Kier alpha value is -1.10. The Balaban J connectivity index is 1.63. The molecule has 0 aromatic heterocycles. The second kappa shape index (κ2) is 9.03. The zero-order valence-electron chi connectivity index (χ0n) is 13.1. The summed E-state index contributed by atoms with van der Waals surface area (Å²) in [6.45, 7) is 7.16. The minimum Gasteiger partial charge on any atom is -0.491 e. The first-order valence-electron chi connectivity index (χ1n) is 7.99. The third-order valence-corrected chi connectivity index (χ3v) is 3.69. The van der Waals surface area contributed by atoms with Gasteiger partial charge in [0, 0.05) is 12.6 Å². The molecule has 0 saturated heterocycles. The SMILES string of the molecule is CCCNC1CC(OCCOc2ccccc2)C1OCC. The Labute approximate surface area is 127 Å². The predicted molar refractivity (Wildman–Crippen MR) is 83.8 cm³/mol. The average Bonchev–Trinajstić information content (AvgIpc) is 2.51. The van der Waals surface area contributed by atoms with Crippen molar-refractivity contribution in [2.75, 3.05) is 26.4 Å². The molecule has 3 atom stereocenters. The summed E-state index contributed by atoms with van der Waals surface area (Å²) >= 11 is 0. The molecule has 0 aliphatic heterocycles. The van der Waals surface area contributed by atoms with Crippen LogP contribution in [0.5, 0.6) is 5.75 Å². The van der Waals surface area contributed by atoms with E-state index in [4.69, 9.17) is 14.2 Å². The van der Waals surface area contributed by atoms with E-state index in [1.54, 1.807) is 0 Å². The van der Waals surface area contributed by atoms with Crippen molar-refractivity contribution in [3.05, 3.63) is 30.3 Å². The van der Waals surface area contributed by atoms with Crippen LogP contribution in [0.1, 0.15) is 26.7 Å². The molecule has 1 aromatic carbocycles. The number of nitrogens with one attached hydrogen (secondary N) is 1. The monoisotopic (exact) mass is 293 g/mol. The third-order valence-electron chi connectivity index (χ3n) is 3.69. The molecule has 0 amide bonds. The molecule has 1 fully saturated rings. The average molecular weight is 293 g/mol. The first-order chi connectivity index (χ1) is 10.3. The summed E-state index contributed by atoms with van der Waals surface area (Å²) in [6, 6.07) is 10.3. The summed E-state index contributed by atoms with van der Waals surface area (Å²) in [6.07, 6.45) is 2.54. The normalized spacial score (nSPS) is 24.6. The molecule has 4 heteroatoms. The van der Waals surface area contributed by atoms with E-state index in [-0.39, 0.29) is 12.2 Å². The second-order valence-corrected chi connectivity index (χ2v) is 5.29. The molecule has 118 valence electrons. The van der Waals surface area contributed by atoms with Crippen molar-refractivity contribution in [1.29, 1.82) is 0 Å². The van der Waals surface area contributed by atoms with E-state index in [0.29, 0.717) is 19.3 Å². The van der Waals surface area contributed by atoms with Crippen molar-refractivity contribution in [2.45, 2.75) is 44.9 Å². The third kappa shape index (κ3) is 4.99. The lowest BCUT2D eigenvalue weighted by atomic mass is 9.85. The van der Waals surface area contributed by atoms with Crippen LogP contribution < -0.4 is 10.1 Å². The van der Waals surface area contributed by atoms with Crippen LogP contribution in [0.4, 0.5) is 0 Å². The summed E-state index contributed by atoms with van der Waals surface area (Å²) in [5, 5.41) is 3.51. The van der Waals surface area contributed by atoms with Gasteiger partial charge in [0.25, 0.3) is 0 Å². The molecule has 3 unspecified atom stereocenters. The molecular formula is C17H27NO3. The van der Waals surface area contributed by atoms with E-state index < -0.39 is 0 Å². The number of hydrogen-bond acceptors (Lipinski definition) is 4. The fourth-order valence-corrected chi connectivity index (χ4v) is 2.57. The van der Waals surface area contributed by atoms with Gasteiger partial charge in [0.2, 0.25) is 0 Å². The van der Waals surface area contributed by atoms with Crippen LogP contribution in [0.15, 0.2) is 30.3 Å². The molecule has 0 bridgehead atoms. The van der Waals surface area contributed by atoms with Gasteiger partial charge >= 0.3 is 0 Å². The van der Waals surface area contributed by atoms with E-state index >= 15 is 0 Å². The van der Waals surface area contributed by atoms with E-state index in [1.165, 1.54) is 0 Å². The van der Waals surface area contributed by atoms with Gasteiger partial charge in [0.1, 0.15) is 12.4 Å². The molecule has 1 aliphatic carbocycles. The van der Waals surface area contributed by atoms with Gasteiger partial charge in [-0.2, -0.15) is 0 Å². The Kier molecular flexibility index (Phi) is 7.00. The lowest BCUT2D eigenvalue weighted by molar-refractivity contribution is -0.147. The first kappa shape index (κ1) is 16.3. The molecule has 4 nitrogen and oxygen atoms in total. The number of rotatable bonds is 10. The van der Waals surface area contributed by atoms with Crippen LogP contribution in [0, 0.1) is 0 Å². The van der Waals surface area contributed by atoms with Crippen LogP contribution in [0.3, 0.4) is 0 Å². The quantitative estimate of drug-likeness (QED) is 0.673. The molecular weight excluding hydrogens is 266 g/mol. The maximum absolute atomic E-state index is 5.89. The number of hydrogen-bond donors (Lipinski definition) is 1. The topological polar surface area (TPSA) is 39.7 Å². The van der Waals surface area contributed by atoms with Gasteiger partial charge in [0.15, 0.2) is 0 Å².